The van der Waals surface area contributed by atoms with E-state index in [4.69, 9.17) is 13.9 Å². The maximum Gasteiger partial charge on any atom is 0.254 e. The average Bonchev–Trinajstić information content (AvgIpc) is 3.55. The lowest BCUT2D eigenvalue weighted by atomic mass is 10.1. The Kier molecular flexibility index (Phi) is 8.21. The minimum atomic E-state index is -0.204. The van der Waals surface area contributed by atoms with Gasteiger partial charge in [-0.2, -0.15) is 0 Å². The number of aryl methyl sites for hydroxylation is 1. The summed E-state index contributed by atoms with van der Waals surface area (Å²) in [7, 11) is 1.58. The molecule has 1 aromatic heterocycles. The van der Waals surface area contributed by atoms with E-state index in [1.165, 1.54) is 0 Å². The highest BCUT2D eigenvalue weighted by molar-refractivity contribution is 5.96. The van der Waals surface area contributed by atoms with Gasteiger partial charge in [-0.05, 0) is 61.7 Å². The lowest BCUT2D eigenvalue weighted by Crippen LogP contribution is -2.45. The van der Waals surface area contributed by atoms with Crippen LogP contribution in [0.3, 0.4) is 0 Å². The first kappa shape index (κ1) is 24.5. The molecule has 2 aromatic carbocycles. The fourth-order valence-corrected chi connectivity index (χ4v) is 4.23. The Balaban J connectivity index is 1.54. The minimum absolute atomic E-state index is 0.0444. The minimum Gasteiger partial charge on any atom is -0.497 e. The average molecular weight is 477 g/mol. The van der Waals surface area contributed by atoms with Crippen molar-refractivity contribution >= 4 is 11.8 Å². The summed E-state index contributed by atoms with van der Waals surface area (Å²) in [6.07, 6.45) is 1.77. The predicted molar refractivity (Wildman–Crippen MR) is 132 cm³/mol. The van der Waals surface area contributed by atoms with E-state index in [1.807, 2.05) is 49.4 Å². The van der Waals surface area contributed by atoms with Gasteiger partial charge in [0.15, 0.2) is 0 Å². The number of methoxy groups -OCH3 is 1. The summed E-state index contributed by atoms with van der Waals surface area (Å²) in [6, 6.07) is 20.5. The molecule has 4 rings (SSSR count). The molecule has 1 fully saturated rings. The first-order chi connectivity index (χ1) is 17.0. The van der Waals surface area contributed by atoms with E-state index in [0.29, 0.717) is 43.3 Å². The molecular weight excluding hydrogens is 444 g/mol. The summed E-state index contributed by atoms with van der Waals surface area (Å²) in [4.78, 5) is 30.4. The fourth-order valence-electron chi connectivity index (χ4n) is 4.23. The number of carbonyl (C=O) groups is 2. The summed E-state index contributed by atoms with van der Waals surface area (Å²) in [5, 5.41) is 0. The van der Waals surface area contributed by atoms with Gasteiger partial charge in [-0.25, -0.2) is 0 Å². The zero-order valence-electron chi connectivity index (χ0n) is 20.3. The van der Waals surface area contributed by atoms with Gasteiger partial charge in [0.2, 0.25) is 5.91 Å². The largest absolute Gasteiger partial charge is 0.497 e. The van der Waals surface area contributed by atoms with Gasteiger partial charge in [0, 0.05) is 25.3 Å². The highest BCUT2D eigenvalue weighted by Gasteiger charge is 2.27. The fraction of sp³-hybridized carbons (Fsp3) is 0.357. The Labute approximate surface area is 206 Å². The lowest BCUT2D eigenvalue weighted by Gasteiger charge is -2.29. The highest BCUT2D eigenvalue weighted by atomic mass is 16.5. The number of hydrogen-bond donors (Lipinski definition) is 0. The summed E-state index contributed by atoms with van der Waals surface area (Å²) >= 11 is 0. The molecule has 0 saturated carbocycles. The lowest BCUT2D eigenvalue weighted by molar-refractivity contribution is -0.133. The van der Waals surface area contributed by atoms with Crippen LogP contribution < -0.4 is 4.74 Å². The molecule has 1 atom stereocenters. The van der Waals surface area contributed by atoms with Crippen molar-refractivity contribution in [2.24, 2.45) is 0 Å². The quantitative estimate of drug-likeness (QED) is 0.432. The third kappa shape index (κ3) is 6.73. The van der Waals surface area contributed by atoms with Crippen LogP contribution in [0.1, 0.15) is 40.3 Å². The highest BCUT2D eigenvalue weighted by Crippen LogP contribution is 2.19. The molecule has 3 aromatic rings. The first-order valence-corrected chi connectivity index (χ1v) is 11.9. The SMILES string of the molecule is COc1ccc(C(=O)N(CC(=O)N(Cc2ccccc2)Cc2ccc(C)o2)CC2CCCO2)cc1. The Morgan fingerprint density at radius 2 is 1.74 bits per heavy atom. The van der Waals surface area contributed by atoms with E-state index < -0.39 is 0 Å². The van der Waals surface area contributed by atoms with E-state index in [1.54, 1.807) is 41.2 Å². The monoisotopic (exact) mass is 476 g/mol. The Bertz CT molecular complexity index is 1100. The zero-order chi connectivity index (χ0) is 24.6. The summed E-state index contributed by atoms with van der Waals surface area (Å²) in [5.74, 6) is 1.82. The molecule has 7 nitrogen and oxygen atoms in total. The van der Waals surface area contributed by atoms with E-state index in [9.17, 15) is 9.59 Å². The van der Waals surface area contributed by atoms with Crippen molar-refractivity contribution in [3.05, 3.63) is 89.4 Å². The Morgan fingerprint density at radius 3 is 2.37 bits per heavy atom. The smallest absolute Gasteiger partial charge is 0.254 e. The van der Waals surface area contributed by atoms with Crippen LogP contribution in [0.5, 0.6) is 5.75 Å². The molecule has 35 heavy (non-hydrogen) atoms. The normalized spacial score (nSPS) is 15.1. The van der Waals surface area contributed by atoms with Crippen molar-refractivity contribution in [1.29, 1.82) is 0 Å². The van der Waals surface area contributed by atoms with Crippen LogP contribution in [0.15, 0.2) is 71.1 Å². The third-order valence-electron chi connectivity index (χ3n) is 6.11. The van der Waals surface area contributed by atoms with E-state index >= 15 is 0 Å². The molecule has 7 heteroatoms. The van der Waals surface area contributed by atoms with Crippen molar-refractivity contribution in [2.75, 3.05) is 26.8 Å². The molecule has 0 aliphatic carbocycles. The summed E-state index contributed by atoms with van der Waals surface area (Å²) in [5.41, 5.74) is 1.52. The molecule has 0 spiro atoms. The number of furan rings is 1. The number of benzene rings is 2. The van der Waals surface area contributed by atoms with Gasteiger partial charge in [0.05, 0.1) is 19.8 Å². The van der Waals surface area contributed by atoms with Crippen LogP contribution in [0.2, 0.25) is 0 Å². The Morgan fingerprint density at radius 1 is 0.971 bits per heavy atom. The number of carbonyl (C=O) groups excluding carboxylic acids is 2. The molecule has 1 saturated heterocycles. The van der Waals surface area contributed by atoms with E-state index in [0.717, 1.165) is 24.2 Å². The molecule has 0 radical (unpaired) electrons. The molecule has 1 aliphatic heterocycles. The molecular formula is C28H32N2O5. The number of rotatable bonds is 10. The number of nitrogens with zero attached hydrogens (tertiary/aromatic N) is 2. The molecule has 1 unspecified atom stereocenters. The molecule has 0 N–H and O–H groups in total. The van der Waals surface area contributed by atoms with Gasteiger partial charge >= 0.3 is 0 Å². The summed E-state index contributed by atoms with van der Waals surface area (Å²) < 4.78 is 16.7. The van der Waals surface area contributed by atoms with Crippen molar-refractivity contribution in [3.63, 3.8) is 0 Å². The molecule has 0 bridgehead atoms. The van der Waals surface area contributed by atoms with Gasteiger partial charge in [0.1, 0.15) is 23.8 Å². The topological polar surface area (TPSA) is 72.2 Å². The molecule has 2 amide bonds. The van der Waals surface area contributed by atoms with Gasteiger partial charge < -0.3 is 23.7 Å². The van der Waals surface area contributed by atoms with Crippen molar-refractivity contribution in [2.45, 2.75) is 39.0 Å². The zero-order valence-corrected chi connectivity index (χ0v) is 20.3. The van der Waals surface area contributed by atoms with Crippen molar-refractivity contribution < 1.29 is 23.5 Å². The van der Waals surface area contributed by atoms with E-state index in [-0.39, 0.29) is 24.5 Å². The van der Waals surface area contributed by atoms with Gasteiger partial charge in [-0.3, -0.25) is 9.59 Å². The predicted octanol–water partition coefficient (Wildman–Crippen LogP) is 4.45. The molecule has 184 valence electrons. The number of hydrogen-bond acceptors (Lipinski definition) is 5. The Hall–Kier alpha value is -3.58. The number of amides is 2. The molecule has 1 aliphatic rings. The third-order valence-corrected chi connectivity index (χ3v) is 6.11. The maximum atomic E-state index is 13.6. The van der Waals surface area contributed by atoms with Crippen LogP contribution in [0.4, 0.5) is 0 Å². The second-order valence-corrected chi connectivity index (χ2v) is 8.80. The standard InChI is InChI=1S/C28H32N2O5/c1-21-10-13-26(35-21)19-29(17-22-7-4-3-5-8-22)27(31)20-30(18-25-9-6-16-34-25)28(32)23-11-14-24(33-2)15-12-23/h3-5,7-8,10-15,25H,6,9,16-20H2,1-2H3. The molecule has 2 heterocycles. The van der Waals surface area contributed by atoms with Crippen LogP contribution in [0, 0.1) is 6.92 Å². The van der Waals surface area contributed by atoms with Crippen LogP contribution >= 0.6 is 0 Å². The second-order valence-electron chi connectivity index (χ2n) is 8.80. The van der Waals surface area contributed by atoms with Crippen LogP contribution in [-0.4, -0.2) is 54.5 Å². The van der Waals surface area contributed by atoms with Crippen molar-refractivity contribution in [3.8, 4) is 5.75 Å². The van der Waals surface area contributed by atoms with Crippen LogP contribution in [0.25, 0.3) is 0 Å². The van der Waals surface area contributed by atoms with Gasteiger partial charge in [0.25, 0.3) is 5.91 Å². The van der Waals surface area contributed by atoms with Gasteiger partial charge in [-0.15, -0.1) is 0 Å². The van der Waals surface area contributed by atoms with Crippen molar-refractivity contribution in [1.82, 2.24) is 9.80 Å². The number of ether oxygens (including phenoxy) is 2. The van der Waals surface area contributed by atoms with E-state index in [2.05, 4.69) is 0 Å². The second kappa shape index (κ2) is 11.7. The summed E-state index contributed by atoms with van der Waals surface area (Å²) in [6.45, 7) is 3.63. The maximum absolute atomic E-state index is 13.6. The first-order valence-electron chi connectivity index (χ1n) is 11.9. The van der Waals surface area contributed by atoms with Gasteiger partial charge in [-0.1, -0.05) is 30.3 Å². The van der Waals surface area contributed by atoms with Crippen LogP contribution in [-0.2, 0) is 22.6 Å².